The molecule has 5 amide bonds. The minimum absolute atomic E-state index is 0.0467. The third kappa shape index (κ3) is 11.3. The van der Waals surface area contributed by atoms with Crippen LogP contribution >= 0.6 is 0 Å². The van der Waals surface area contributed by atoms with Gasteiger partial charge in [0, 0.05) is 42.3 Å². The highest BCUT2D eigenvalue weighted by Crippen LogP contribution is 2.31. The molecule has 8 atom stereocenters. The fourth-order valence-electron chi connectivity index (χ4n) is 7.59. The summed E-state index contributed by atoms with van der Waals surface area (Å²) < 4.78 is 11.9. The lowest BCUT2D eigenvalue weighted by Crippen LogP contribution is -2.62. The van der Waals surface area contributed by atoms with Gasteiger partial charge in [0.1, 0.15) is 24.2 Å². The van der Waals surface area contributed by atoms with Gasteiger partial charge in [0.25, 0.3) is 5.91 Å². The third-order valence-electron chi connectivity index (χ3n) is 10.7. The largest absolute Gasteiger partial charge is 0.366 e. The van der Waals surface area contributed by atoms with Crippen molar-refractivity contribution in [2.24, 2.45) is 11.7 Å². The fourth-order valence-corrected chi connectivity index (χ4v) is 7.59. The molecule has 2 aliphatic heterocycles. The molecule has 9 N–H and O–H groups in total. The Labute approximate surface area is 343 Å². The second kappa shape index (κ2) is 19.4. The summed E-state index contributed by atoms with van der Waals surface area (Å²) in [5.74, 6) is -5.57. The van der Waals surface area contributed by atoms with Gasteiger partial charge in [-0.25, -0.2) is 0 Å². The second-order valence-corrected chi connectivity index (χ2v) is 15.9. The van der Waals surface area contributed by atoms with E-state index in [0.717, 1.165) is 27.6 Å². The van der Waals surface area contributed by atoms with Crippen LogP contribution in [-0.2, 0) is 52.7 Å². The molecular weight excluding hydrogens is 755 g/mol. The third-order valence-corrected chi connectivity index (χ3v) is 10.7. The van der Waals surface area contributed by atoms with Crippen molar-refractivity contribution >= 4 is 40.4 Å². The zero-order chi connectivity index (χ0) is 42.1. The Bertz CT molecular complexity index is 2070. The Morgan fingerprint density at radius 2 is 1.17 bits per heavy atom. The van der Waals surface area contributed by atoms with E-state index in [0.29, 0.717) is 19.4 Å². The number of H-pyrrole nitrogens is 1. The predicted octanol–water partition coefficient (Wildman–Crippen LogP) is 1.87. The summed E-state index contributed by atoms with van der Waals surface area (Å²) in [5, 5.41) is 25.9. The highest BCUT2D eigenvalue weighted by molar-refractivity contribution is 5.97. The van der Waals surface area contributed by atoms with Gasteiger partial charge in [-0.1, -0.05) is 85.8 Å². The molecule has 0 spiro atoms. The molecule has 0 bridgehead atoms. The van der Waals surface area contributed by atoms with Gasteiger partial charge in [0.15, 0.2) is 18.2 Å². The van der Waals surface area contributed by atoms with E-state index in [9.17, 15) is 29.1 Å². The molecule has 0 saturated carbocycles. The molecule has 6 unspecified atom stereocenters. The number of ether oxygens (including phenoxy) is 2. The van der Waals surface area contributed by atoms with Crippen molar-refractivity contribution in [1.29, 1.82) is 0 Å². The Morgan fingerprint density at radius 1 is 0.661 bits per heavy atom. The van der Waals surface area contributed by atoms with Crippen LogP contribution in [0.2, 0.25) is 0 Å². The van der Waals surface area contributed by atoms with Gasteiger partial charge in [-0.15, -0.1) is 0 Å². The highest BCUT2D eigenvalue weighted by Gasteiger charge is 2.49. The molecular formula is C44H55N7O8. The van der Waals surface area contributed by atoms with Crippen molar-refractivity contribution in [3.8, 4) is 0 Å². The van der Waals surface area contributed by atoms with E-state index in [1.165, 1.54) is 13.8 Å². The number of unbranched alkanes of at least 4 members (excludes halogenated alkanes) is 1. The number of nitrogens with one attached hydrogen (secondary N) is 6. The quantitative estimate of drug-likeness (QED) is 0.0772. The molecule has 314 valence electrons. The van der Waals surface area contributed by atoms with Crippen molar-refractivity contribution in [3.05, 3.63) is 108 Å². The standard InChI is InChI=1S/C44H55N7O8/c1-26-36-37(58-43(26)59-44(2,3)57)42(56)50-33(22-27-14-6-4-7-15-27)39(53)49-35(24-29-25-46-31-19-11-10-18-30(29)31)40(54)47-32(20-12-13-21-45)38(52)48-34(41(55)51-36)23-28-16-8-5-9-17-28/h4-11,14-19,25-26,32-37,43,46,57H,12-13,20-24,45H2,1-3H3,(H,47,54)(H,48,52)(H,49,53)(H,50,56)(H,51,55)/t26-,32?,33?,34?,35?,36+,37?,43?/m1/s1. The number of rotatable bonds is 12. The molecule has 2 saturated heterocycles. The number of hydrogen-bond acceptors (Lipinski definition) is 9. The van der Waals surface area contributed by atoms with Crippen LogP contribution in [0.5, 0.6) is 0 Å². The van der Waals surface area contributed by atoms with Crippen molar-refractivity contribution in [3.63, 3.8) is 0 Å². The first-order chi connectivity index (χ1) is 28.3. The Balaban J connectivity index is 1.42. The number of carbonyl (C=O) groups excluding carboxylic acids is 5. The first-order valence-electron chi connectivity index (χ1n) is 20.2. The van der Waals surface area contributed by atoms with Gasteiger partial charge in [0.05, 0.1) is 6.04 Å². The Kier molecular flexibility index (Phi) is 14.2. The maximum atomic E-state index is 14.5. The monoisotopic (exact) mass is 809 g/mol. The molecule has 2 fully saturated rings. The molecule has 0 aliphatic carbocycles. The Hall–Kier alpha value is -5.61. The van der Waals surface area contributed by atoms with Crippen molar-refractivity contribution in [2.75, 3.05) is 6.54 Å². The van der Waals surface area contributed by atoms with E-state index in [1.54, 1.807) is 13.1 Å². The number of benzene rings is 3. The molecule has 2 aliphatic rings. The predicted molar refractivity (Wildman–Crippen MR) is 220 cm³/mol. The minimum Gasteiger partial charge on any atom is -0.366 e. The average molecular weight is 810 g/mol. The van der Waals surface area contributed by atoms with Crippen LogP contribution in [0.15, 0.2) is 91.1 Å². The lowest BCUT2D eigenvalue weighted by atomic mass is 9.96. The number of aliphatic hydroxyl groups is 1. The van der Waals surface area contributed by atoms with E-state index < -0.39 is 83.8 Å². The number of nitrogens with two attached hydrogens (primary N) is 1. The molecule has 15 nitrogen and oxygen atoms in total. The lowest BCUT2D eigenvalue weighted by Gasteiger charge is -2.30. The van der Waals surface area contributed by atoms with Gasteiger partial charge >= 0.3 is 0 Å². The molecule has 4 aromatic rings. The van der Waals surface area contributed by atoms with Crippen LogP contribution in [0.1, 0.15) is 56.7 Å². The number of fused-ring (bicyclic) bond motifs is 2. The SMILES string of the molecule is C[C@H]1C(OC(C)(C)O)OC2C(=O)NC(Cc3ccccc3)C(=O)NC(Cc3c[nH]c4ccccc34)C(=O)NC(CCCCN)C(=O)NC(Cc3ccccc3)C(=O)N[C@H]21. The number of aromatic nitrogens is 1. The number of hydrogen-bond donors (Lipinski definition) is 8. The summed E-state index contributed by atoms with van der Waals surface area (Å²) in [7, 11) is 0. The van der Waals surface area contributed by atoms with Gasteiger partial charge < -0.3 is 51.9 Å². The smallest absolute Gasteiger partial charge is 0.252 e. The minimum atomic E-state index is -1.66. The molecule has 15 heteroatoms. The Morgan fingerprint density at radius 3 is 1.76 bits per heavy atom. The summed E-state index contributed by atoms with van der Waals surface area (Å²) in [6.45, 7) is 4.92. The van der Waals surface area contributed by atoms with E-state index in [-0.39, 0.29) is 25.7 Å². The van der Waals surface area contributed by atoms with E-state index in [4.69, 9.17) is 15.2 Å². The summed E-state index contributed by atoms with van der Waals surface area (Å²) in [6, 6.07) is 20.1. The van der Waals surface area contributed by atoms with E-state index in [2.05, 4.69) is 31.6 Å². The summed E-state index contributed by atoms with van der Waals surface area (Å²) in [5.41, 5.74) is 8.88. The van der Waals surface area contributed by atoms with Crippen LogP contribution in [-0.4, -0.2) is 94.6 Å². The van der Waals surface area contributed by atoms with Gasteiger partial charge in [-0.3, -0.25) is 24.0 Å². The number of aromatic amines is 1. The maximum Gasteiger partial charge on any atom is 0.252 e. The van der Waals surface area contributed by atoms with Gasteiger partial charge in [-0.2, -0.15) is 0 Å². The van der Waals surface area contributed by atoms with Crippen molar-refractivity contribution < 1.29 is 38.6 Å². The zero-order valence-corrected chi connectivity index (χ0v) is 33.6. The summed E-state index contributed by atoms with van der Waals surface area (Å²) >= 11 is 0. The number of amides is 5. The van der Waals surface area contributed by atoms with Crippen molar-refractivity contribution in [1.82, 2.24) is 31.6 Å². The van der Waals surface area contributed by atoms with Crippen LogP contribution in [0.25, 0.3) is 10.9 Å². The molecule has 3 aromatic carbocycles. The zero-order valence-electron chi connectivity index (χ0n) is 33.6. The van der Waals surface area contributed by atoms with Gasteiger partial charge in [-0.05, 0) is 62.4 Å². The number of carbonyl (C=O) groups is 5. The second-order valence-electron chi connectivity index (χ2n) is 15.9. The normalized spacial score (nSPS) is 26.0. The fraction of sp³-hybridized carbons (Fsp3) is 0.432. The van der Waals surface area contributed by atoms with E-state index in [1.807, 2.05) is 84.9 Å². The first-order valence-corrected chi connectivity index (χ1v) is 20.2. The van der Waals surface area contributed by atoms with Crippen LogP contribution in [0.3, 0.4) is 0 Å². The summed E-state index contributed by atoms with van der Waals surface area (Å²) in [6.07, 6.45) is 0.712. The maximum absolute atomic E-state index is 14.5. The molecule has 1 aromatic heterocycles. The molecule has 0 radical (unpaired) electrons. The van der Waals surface area contributed by atoms with Gasteiger partial charge in [0.2, 0.25) is 23.6 Å². The van der Waals surface area contributed by atoms with Crippen molar-refractivity contribution in [2.45, 2.75) is 108 Å². The molecule has 59 heavy (non-hydrogen) atoms. The van der Waals surface area contributed by atoms with Crippen LogP contribution in [0.4, 0.5) is 0 Å². The molecule has 6 rings (SSSR count). The number of para-hydroxylation sites is 1. The average Bonchev–Trinajstić information content (AvgIpc) is 3.75. The first kappa shape index (κ1) is 43.0. The topological polar surface area (TPSA) is 226 Å². The lowest BCUT2D eigenvalue weighted by molar-refractivity contribution is -0.276. The van der Waals surface area contributed by atoms with E-state index >= 15 is 0 Å². The molecule has 3 heterocycles. The van der Waals surface area contributed by atoms with Crippen LogP contribution < -0.4 is 32.3 Å². The summed E-state index contributed by atoms with van der Waals surface area (Å²) in [4.78, 5) is 75.2. The van der Waals surface area contributed by atoms with Crippen LogP contribution in [0, 0.1) is 5.92 Å². The highest BCUT2D eigenvalue weighted by atomic mass is 16.7.